The van der Waals surface area contributed by atoms with Crippen LogP contribution in [-0.4, -0.2) is 23.2 Å². The van der Waals surface area contributed by atoms with Gasteiger partial charge in [0, 0.05) is 12.6 Å². The summed E-state index contributed by atoms with van der Waals surface area (Å²) in [5.41, 5.74) is 2.38. The van der Waals surface area contributed by atoms with Gasteiger partial charge in [0.15, 0.2) is 0 Å². The minimum absolute atomic E-state index is 0.383. The lowest BCUT2D eigenvalue weighted by Crippen LogP contribution is -2.22. The van der Waals surface area contributed by atoms with E-state index < -0.39 is 0 Å². The van der Waals surface area contributed by atoms with E-state index in [2.05, 4.69) is 28.3 Å². The highest BCUT2D eigenvalue weighted by Gasteiger charge is 2.28. The third-order valence-corrected chi connectivity index (χ3v) is 3.97. The molecule has 0 spiro atoms. The molecule has 1 saturated heterocycles. The molecule has 0 bridgehead atoms. The number of nitrogens with zero attached hydrogens (tertiary/aromatic N) is 2. The standard InChI is InChI=1S/C17H22N2O2/c1-3-20-15-8-6-14(7-9-15)12-19-10-4-5-17(19)16-11-13(2)21-18-16/h6-9,11,17H,3-5,10,12H2,1-2H3. The van der Waals surface area contributed by atoms with E-state index in [1.54, 1.807) is 0 Å². The van der Waals surface area contributed by atoms with Crippen LogP contribution in [0.4, 0.5) is 0 Å². The Bertz CT molecular complexity index is 577. The SMILES string of the molecule is CCOc1ccc(CN2CCCC2c2cc(C)on2)cc1. The predicted octanol–water partition coefficient (Wildman–Crippen LogP) is 3.72. The molecule has 4 heteroatoms. The Hall–Kier alpha value is -1.81. The highest BCUT2D eigenvalue weighted by atomic mass is 16.5. The van der Waals surface area contributed by atoms with E-state index in [0.717, 1.165) is 36.7 Å². The molecule has 112 valence electrons. The molecule has 21 heavy (non-hydrogen) atoms. The van der Waals surface area contributed by atoms with Crippen LogP contribution in [0.2, 0.25) is 0 Å². The molecule has 1 aliphatic heterocycles. The first-order valence-electron chi connectivity index (χ1n) is 7.65. The maximum Gasteiger partial charge on any atom is 0.133 e. The van der Waals surface area contributed by atoms with Gasteiger partial charge in [0.25, 0.3) is 0 Å². The van der Waals surface area contributed by atoms with Gasteiger partial charge >= 0.3 is 0 Å². The Morgan fingerprint density at radius 2 is 2.14 bits per heavy atom. The van der Waals surface area contributed by atoms with Crippen molar-refractivity contribution in [1.82, 2.24) is 10.1 Å². The van der Waals surface area contributed by atoms with Crippen LogP contribution in [0.1, 0.15) is 42.8 Å². The van der Waals surface area contributed by atoms with Crippen LogP contribution in [0.5, 0.6) is 5.75 Å². The van der Waals surface area contributed by atoms with E-state index in [-0.39, 0.29) is 0 Å². The van der Waals surface area contributed by atoms with Gasteiger partial charge in [0.2, 0.25) is 0 Å². The van der Waals surface area contributed by atoms with E-state index >= 15 is 0 Å². The number of ether oxygens (including phenoxy) is 1. The number of hydrogen-bond donors (Lipinski definition) is 0. The summed E-state index contributed by atoms with van der Waals surface area (Å²) < 4.78 is 10.7. The Morgan fingerprint density at radius 1 is 1.33 bits per heavy atom. The molecule has 1 unspecified atom stereocenters. The average molecular weight is 286 g/mol. The molecule has 1 aliphatic rings. The number of benzene rings is 1. The molecular formula is C17H22N2O2. The lowest BCUT2D eigenvalue weighted by Gasteiger charge is -2.22. The first-order valence-corrected chi connectivity index (χ1v) is 7.65. The second-order valence-corrected chi connectivity index (χ2v) is 5.57. The molecule has 0 amide bonds. The van der Waals surface area contributed by atoms with Crippen molar-refractivity contribution in [2.75, 3.05) is 13.2 Å². The molecule has 2 aromatic rings. The fraction of sp³-hybridized carbons (Fsp3) is 0.471. The number of aromatic nitrogens is 1. The Labute approximate surface area is 125 Å². The van der Waals surface area contributed by atoms with Gasteiger partial charge in [-0.2, -0.15) is 0 Å². The van der Waals surface area contributed by atoms with Crippen molar-refractivity contribution >= 4 is 0 Å². The van der Waals surface area contributed by atoms with E-state index in [0.29, 0.717) is 12.6 Å². The van der Waals surface area contributed by atoms with E-state index in [4.69, 9.17) is 9.26 Å². The maximum atomic E-state index is 5.49. The predicted molar refractivity (Wildman–Crippen MR) is 81.2 cm³/mol. The van der Waals surface area contributed by atoms with Crippen molar-refractivity contribution < 1.29 is 9.26 Å². The van der Waals surface area contributed by atoms with Crippen LogP contribution in [-0.2, 0) is 6.54 Å². The van der Waals surface area contributed by atoms with Crippen molar-refractivity contribution in [2.24, 2.45) is 0 Å². The topological polar surface area (TPSA) is 38.5 Å². The normalized spacial score (nSPS) is 19.0. The molecule has 3 rings (SSSR count). The molecular weight excluding hydrogens is 264 g/mol. The fourth-order valence-corrected chi connectivity index (χ4v) is 2.99. The van der Waals surface area contributed by atoms with Crippen LogP contribution < -0.4 is 4.74 Å². The molecule has 2 heterocycles. The quantitative estimate of drug-likeness (QED) is 0.839. The van der Waals surface area contributed by atoms with Crippen LogP contribution in [0.15, 0.2) is 34.9 Å². The van der Waals surface area contributed by atoms with E-state index in [1.807, 2.05) is 26.0 Å². The lowest BCUT2D eigenvalue weighted by atomic mass is 10.1. The summed E-state index contributed by atoms with van der Waals surface area (Å²) in [6.07, 6.45) is 2.37. The molecule has 0 aliphatic carbocycles. The third-order valence-electron chi connectivity index (χ3n) is 3.97. The highest BCUT2D eigenvalue weighted by molar-refractivity contribution is 5.27. The van der Waals surface area contributed by atoms with Crippen LogP contribution in [0.25, 0.3) is 0 Å². The molecule has 1 fully saturated rings. The number of likely N-dealkylation sites (tertiary alicyclic amines) is 1. The summed E-state index contributed by atoms with van der Waals surface area (Å²) in [4.78, 5) is 2.48. The van der Waals surface area contributed by atoms with Gasteiger partial charge in [-0.05, 0) is 50.9 Å². The Kier molecular flexibility index (Phi) is 4.25. The van der Waals surface area contributed by atoms with E-state index in [1.165, 1.54) is 12.0 Å². The van der Waals surface area contributed by atoms with Crippen LogP contribution in [0, 0.1) is 6.92 Å². The van der Waals surface area contributed by atoms with Crippen molar-refractivity contribution in [3.8, 4) is 5.75 Å². The Morgan fingerprint density at radius 3 is 2.81 bits per heavy atom. The molecule has 0 saturated carbocycles. The zero-order valence-corrected chi connectivity index (χ0v) is 12.7. The van der Waals surface area contributed by atoms with Gasteiger partial charge in [0.1, 0.15) is 17.2 Å². The van der Waals surface area contributed by atoms with E-state index in [9.17, 15) is 0 Å². The maximum absolute atomic E-state index is 5.49. The third kappa shape index (κ3) is 3.27. The van der Waals surface area contributed by atoms with Crippen LogP contribution >= 0.6 is 0 Å². The fourth-order valence-electron chi connectivity index (χ4n) is 2.99. The minimum atomic E-state index is 0.383. The molecule has 0 N–H and O–H groups in total. The number of hydrogen-bond acceptors (Lipinski definition) is 4. The Balaban J connectivity index is 1.68. The number of rotatable bonds is 5. The first-order chi connectivity index (χ1) is 10.3. The van der Waals surface area contributed by atoms with Crippen molar-refractivity contribution in [2.45, 2.75) is 39.3 Å². The van der Waals surface area contributed by atoms with Gasteiger partial charge in [-0.25, -0.2) is 0 Å². The molecule has 1 atom stereocenters. The number of aryl methyl sites for hydroxylation is 1. The summed E-state index contributed by atoms with van der Waals surface area (Å²) >= 11 is 0. The zero-order chi connectivity index (χ0) is 14.7. The van der Waals surface area contributed by atoms with Crippen LogP contribution in [0.3, 0.4) is 0 Å². The zero-order valence-electron chi connectivity index (χ0n) is 12.7. The second-order valence-electron chi connectivity index (χ2n) is 5.57. The summed E-state index contributed by atoms with van der Waals surface area (Å²) in [6.45, 7) is 6.72. The summed E-state index contributed by atoms with van der Waals surface area (Å²) in [7, 11) is 0. The van der Waals surface area contributed by atoms with Crippen molar-refractivity contribution in [3.63, 3.8) is 0 Å². The summed E-state index contributed by atoms with van der Waals surface area (Å²) in [5, 5.41) is 4.19. The van der Waals surface area contributed by atoms with Gasteiger partial charge in [-0.1, -0.05) is 17.3 Å². The smallest absolute Gasteiger partial charge is 0.133 e. The largest absolute Gasteiger partial charge is 0.494 e. The molecule has 1 aromatic carbocycles. The van der Waals surface area contributed by atoms with Crippen molar-refractivity contribution in [1.29, 1.82) is 0 Å². The monoisotopic (exact) mass is 286 g/mol. The van der Waals surface area contributed by atoms with Gasteiger partial charge in [-0.3, -0.25) is 4.90 Å². The molecule has 4 nitrogen and oxygen atoms in total. The van der Waals surface area contributed by atoms with Crippen molar-refractivity contribution in [3.05, 3.63) is 47.3 Å². The van der Waals surface area contributed by atoms with Gasteiger partial charge in [0.05, 0.1) is 12.6 Å². The first kappa shape index (κ1) is 14.1. The lowest BCUT2D eigenvalue weighted by molar-refractivity contribution is 0.236. The highest BCUT2D eigenvalue weighted by Crippen LogP contribution is 2.32. The average Bonchev–Trinajstić information content (AvgIpc) is 3.10. The molecule has 0 radical (unpaired) electrons. The minimum Gasteiger partial charge on any atom is -0.494 e. The summed E-state index contributed by atoms with van der Waals surface area (Å²) in [6, 6.07) is 10.8. The van der Waals surface area contributed by atoms with Gasteiger partial charge in [-0.15, -0.1) is 0 Å². The summed E-state index contributed by atoms with van der Waals surface area (Å²) in [5.74, 6) is 1.82. The van der Waals surface area contributed by atoms with Gasteiger partial charge < -0.3 is 9.26 Å². The second kappa shape index (κ2) is 6.31. The molecule has 1 aromatic heterocycles.